The molecule has 1 aromatic heterocycles. The first kappa shape index (κ1) is 20.2. The van der Waals surface area contributed by atoms with Gasteiger partial charge in [-0.2, -0.15) is 0 Å². The van der Waals surface area contributed by atoms with E-state index in [9.17, 15) is 25.1 Å². The monoisotopic (exact) mass is 403 g/mol. The third kappa shape index (κ3) is 5.07. The minimum Gasteiger partial charge on any atom is -0.508 e. The Balaban J connectivity index is 1.58. The Kier molecular flexibility index (Phi) is 6.38. The second kappa shape index (κ2) is 9.13. The van der Waals surface area contributed by atoms with Crippen LogP contribution in [0.25, 0.3) is 21.9 Å². The summed E-state index contributed by atoms with van der Waals surface area (Å²) in [5, 5.41) is 29.3. The Morgan fingerprint density at radius 2 is 1.69 bits per heavy atom. The molecule has 0 spiro atoms. The lowest BCUT2D eigenvalue weighted by Gasteiger charge is -2.09. The van der Waals surface area contributed by atoms with E-state index in [0.717, 1.165) is 25.7 Å². The number of fused-ring (bicyclic) bond motifs is 2. The molecule has 0 amide bonds. The Morgan fingerprint density at radius 1 is 0.966 bits per heavy atom. The summed E-state index contributed by atoms with van der Waals surface area (Å²) in [5.41, 5.74) is 0.0779. The highest BCUT2D eigenvalue weighted by Crippen LogP contribution is 2.31. The van der Waals surface area contributed by atoms with Crippen molar-refractivity contribution in [2.75, 3.05) is 13.2 Å². The third-order valence-electron chi connectivity index (χ3n) is 4.46. The molecule has 0 fully saturated rings. The number of phenolic OH excluding ortho intramolecular Hbond substituents is 2. The van der Waals surface area contributed by atoms with Gasteiger partial charge in [0.1, 0.15) is 33.8 Å². The van der Waals surface area contributed by atoms with Gasteiger partial charge in [-0.15, -0.1) is 10.1 Å². The van der Waals surface area contributed by atoms with E-state index in [1.165, 1.54) is 24.3 Å². The molecule has 3 aromatic rings. The van der Waals surface area contributed by atoms with E-state index < -0.39 is 10.5 Å². The van der Waals surface area contributed by atoms with Crippen molar-refractivity contribution in [2.24, 2.45) is 0 Å². The van der Waals surface area contributed by atoms with E-state index in [2.05, 4.69) is 4.84 Å². The summed E-state index contributed by atoms with van der Waals surface area (Å²) in [6.07, 6.45) is 4.03. The first-order valence-corrected chi connectivity index (χ1v) is 9.28. The number of hydrogen-bond acceptors (Lipinski definition) is 8. The molecule has 2 N–H and O–H groups in total. The zero-order valence-corrected chi connectivity index (χ0v) is 15.6. The minimum atomic E-state index is -0.790. The Bertz CT molecular complexity index is 1080. The van der Waals surface area contributed by atoms with E-state index in [4.69, 9.17) is 9.15 Å². The van der Waals surface area contributed by atoms with E-state index in [1.807, 2.05) is 0 Å². The van der Waals surface area contributed by atoms with Crippen LogP contribution in [0.3, 0.4) is 0 Å². The Labute approximate surface area is 165 Å². The Hall–Kier alpha value is -3.49. The molecule has 2 aromatic carbocycles. The highest BCUT2D eigenvalue weighted by molar-refractivity contribution is 5.94. The van der Waals surface area contributed by atoms with Crippen LogP contribution >= 0.6 is 0 Å². The molecule has 154 valence electrons. The van der Waals surface area contributed by atoms with Gasteiger partial charge in [0.05, 0.1) is 18.6 Å². The largest absolute Gasteiger partial charge is 0.508 e. The van der Waals surface area contributed by atoms with Crippen LogP contribution in [0, 0.1) is 10.1 Å². The minimum absolute atomic E-state index is 0.0346. The summed E-state index contributed by atoms with van der Waals surface area (Å²) in [6, 6.07) is 7.13. The van der Waals surface area contributed by atoms with Crippen molar-refractivity contribution < 1.29 is 29.3 Å². The van der Waals surface area contributed by atoms with Gasteiger partial charge in [-0.1, -0.05) is 19.3 Å². The molecular weight excluding hydrogens is 382 g/mol. The number of benzene rings is 2. The maximum Gasteiger partial charge on any atom is 0.294 e. The molecule has 0 saturated heterocycles. The van der Waals surface area contributed by atoms with Gasteiger partial charge in [-0.25, -0.2) is 0 Å². The van der Waals surface area contributed by atoms with Crippen molar-refractivity contribution in [1.29, 1.82) is 0 Å². The number of unbranched alkanes of at least 4 members (excludes halogenated alkanes) is 4. The number of phenols is 2. The fraction of sp³-hybridized carbons (Fsp3) is 0.350. The third-order valence-corrected chi connectivity index (χ3v) is 4.46. The first-order valence-electron chi connectivity index (χ1n) is 9.28. The van der Waals surface area contributed by atoms with Gasteiger partial charge in [0.15, 0.2) is 0 Å². The molecule has 0 unspecified atom stereocenters. The van der Waals surface area contributed by atoms with Crippen molar-refractivity contribution in [2.45, 2.75) is 32.1 Å². The molecule has 29 heavy (non-hydrogen) atoms. The van der Waals surface area contributed by atoms with Gasteiger partial charge >= 0.3 is 0 Å². The average molecular weight is 403 g/mol. The van der Waals surface area contributed by atoms with Gasteiger partial charge in [0, 0.05) is 12.1 Å². The maximum absolute atomic E-state index is 12.6. The SMILES string of the molecule is O=c1c2cc(O)ccc2oc2cc(OCCCCCCCO[N+](=O)[O-])cc(O)c12. The summed E-state index contributed by atoms with van der Waals surface area (Å²) in [7, 11) is 0. The number of aromatic hydroxyl groups is 2. The second-order valence-corrected chi connectivity index (χ2v) is 6.60. The van der Waals surface area contributed by atoms with Gasteiger partial charge in [-0.05, 0) is 31.0 Å². The molecule has 0 radical (unpaired) electrons. The topological polar surface area (TPSA) is 132 Å². The Morgan fingerprint density at radius 3 is 2.45 bits per heavy atom. The van der Waals surface area contributed by atoms with Crippen molar-refractivity contribution in [3.8, 4) is 17.2 Å². The number of ether oxygens (including phenoxy) is 1. The predicted octanol–water partition coefficient (Wildman–Crippen LogP) is 3.90. The van der Waals surface area contributed by atoms with Crippen LogP contribution in [-0.2, 0) is 4.84 Å². The quantitative estimate of drug-likeness (QED) is 0.225. The lowest BCUT2D eigenvalue weighted by molar-refractivity contribution is -0.757. The molecule has 9 nitrogen and oxygen atoms in total. The van der Waals surface area contributed by atoms with E-state index in [-0.39, 0.29) is 34.5 Å². The van der Waals surface area contributed by atoms with Crippen LogP contribution in [-0.4, -0.2) is 28.5 Å². The molecule has 0 aliphatic rings. The number of rotatable bonds is 10. The highest BCUT2D eigenvalue weighted by atomic mass is 16.9. The summed E-state index contributed by atoms with van der Waals surface area (Å²) in [4.78, 5) is 26.9. The summed E-state index contributed by atoms with van der Waals surface area (Å²) in [6.45, 7) is 0.529. The fourth-order valence-electron chi connectivity index (χ4n) is 3.07. The lowest BCUT2D eigenvalue weighted by atomic mass is 10.1. The van der Waals surface area contributed by atoms with Crippen LogP contribution in [0.15, 0.2) is 39.5 Å². The number of nitrogens with zero attached hydrogens (tertiary/aromatic N) is 1. The molecule has 0 bridgehead atoms. The van der Waals surface area contributed by atoms with E-state index in [1.54, 1.807) is 6.07 Å². The molecule has 1 heterocycles. The number of hydrogen-bond donors (Lipinski definition) is 2. The van der Waals surface area contributed by atoms with Crippen LogP contribution in [0.4, 0.5) is 0 Å². The molecule has 0 saturated carbocycles. The molecule has 3 rings (SSSR count). The standard InChI is InChI=1S/C20H21NO8/c22-13-6-7-17-15(10-13)20(24)19-16(23)11-14(12-18(19)29-17)27-8-4-2-1-3-5-9-28-21(25)26/h6-7,10-12,22-23H,1-5,8-9H2. The summed E-state index contributed by atoms with van der Waals surface area (Å²) in [5.74, 6) is 0.0758. The smallest absolute Gasteiger partial charge is 0.294 e. The zero-order chi connectivity index (χ0) is 20.8. The fourth-order valence-corrected chi connectivity index (χ4v) is 3.07. The summed E-state index contributed by atoms with van der Waals surface area (Å²) < 4.78 is 11.3. The second-order valence-electron chi connectivity index (χ2n) is 6.60. The van der Waals surface area contributed by atoms with Gasteiger partial charge in [-0.3, -0.25) is 4.79 Å². The van der Waals surface area contributed by atoms with Crippen molar-refractivity contribution in [3.63, 3.8) is 0 Å². The van der Waals surface area contributed by atoms with Crippen molar-refractivity contribution >= 4 is 21.9 Å². The van der Waals surface area contributed by atoms with E-state index in [0.29, 0.717) is 24.4 Å². The normalized spacial score (nSPS) is 11.0. The lowest BCUT2D eigenvalue weighted by Crippen LogP contribution is -2.03. The predicted molar refractivity (Wildman–Crippen MR) is 105 cm³/mol. The maximum atomic E-state index is 12.6. The van der Waals surface area contributed by atoms with Crippen LogP contribution in [0.1, 0.15) is 32.1 Å². The molecule has 0 atom stereocenters. The van der Waals surface area contributed by atoms with Crippen molar-refractivity contribution in [3.05, 3.63) is 50.7 Å². The van der Waals surface area contributed by atoms with Crippen molar-refractivity contribution in [1.82, 2.24) is 0 Å². The summed E-state index contributed by atoms with van der Waals surface area (Å²) >= 11 is 0. The molecule has 9 heteroatoms. The van der Waals surface area contributed by atoms with Crippen LogP contribution in [0.5, 0.6) is 17.2 Å². The van der Waals surface area contributed by atoms with Crippen LogP contribution in [0.2, 0.25) is 0 Å². The molecule has 0 aliphatic heterocycles. The highest BCUT2D eigenvalue weighted by Gasteiger charge is 2.14. The van der Waals surface area contributed by atoms with Gasteiger partial charge in [0.2, 0.25) is 5.43 Å². The van der Waals surface area contributed by atoms with E-state index >= 15 is 0 Å². The molecule has 0 aliphatic carbocycles. The van der Waals surface area contributed by atoms with Gasteiger partial charge in [0.25, 0.3) is 5.09 Å². The van der Waals surface area contributed by atoms with Crippen LogP contribution < -0.4 is 10.2 Å². The van der Waals surface area contributed by atoms with Gasteiger partial charge < -0.3 is 24.2 Å². The average Bonchev–Trinajstić information content (AvgIpc) is 2.67. The molecular formula is C20H21NO8. The zero-order valence-electron chi connectivity index (χ0n) is 15.6. The first-order chi connectivity index (χ1) is 14.0.